The molecule has 2 aromatic heterocycles. The molecule has 0 radical (unpaired) electrons. The molecule has 0 aliphatic rings. The summed E-state index contributed by atoms with van der Waals surface area (Å²) in [6.07, 6.45) is -2.79. The van der Waals surface area contributed by atoms with Gasteiger partial charge in [0.25, 0.3) is 5.91 Å². The van der Waals surface area contributed by atoms with E-state index < -0.39 is 17.6 Å². The summed E-state index contributed by atoms with van der Waals surface area (Å²) in [6, 6.07) is 5.31. The number of nitrogens with zero attached hydrogens (tertiary/aromatic N) is 4. The van der Waals surface area contributed by atoms with E-state index in [4.69, 9.17) is 21.1 Å². The monoisotopic (exact) mass is 427 g/mol. The number of pyridine rings is 1. The Labute approximate surface area is 167 Å². The number of anilines is 1. The maximum absolute atomic E-state index is 12.7. The molecule has 12 heteroatoms. The van der Waals surface area contributed by atoms with Gasteiger partial charge in [-0.15, -0.1) is 5.10 Å². The lowest BCUT2D eigenvalue weighted by Crippen LogP contribution is -2.14. The molecule has 152 valence electrons. The van der Waals surface area contributed by atoms with Crippen LogP contribution in [0.3, 0.4) is 0 Å². The molecular formula is C17H13ClF3N5O3. The van der Waals surface area contributed by atoms with Gasteiger partial charge in [0.1, 0.15) is 17.8 Å². The number of aromatic nitrogens is 4. The molecule has 0 atom stereocenters. The molecule has 0 aliphatic heterocycles. The molecule has 8 nitrogen and oxygen atoms in total. The van der Waals surface area contributed by atoms with E-state index in [9.17, 15) is 18.0 Å². The maximum atomic E-state index is 12.7. The molecule has 0 saturated carbocycles. The van der Waals surface area contributed by atoms with Crippen molar-refractivity contribution >= 4 is 23.5 Å². The number of methoxy groups -OCH3 is 2. The van der Waals surface area contributed by atoms with Crippen molar-refractivity contribution in [2.24, 2.45) is 0 Å². The van der Waals surface area contributed by atoms with Gasteiger partial charge < -0.3 is 9.47 Å². The van der Waals surface area contributed by atoms with E-state index in [0.717, 1.165) is 17.1 Å². The van der Waals surface area contributed by atoms with E-state index >= 15 is 0 Å². The van der Waals surface area contributed by atoms with E-state index in [1.54, 1.807) is 6.07 Å². The Balaban J connectivity index is 1.81. The fraction of sp³-hybridized carbons (Fsp3) is 0.176. The Morgan fingerprint density at radius 3 is 2.31 bits per heavy atom. The highest BCUT2D eigenvalue weighted by Gasteiger charge is 2.31. The average Bonchev–Trinajstić information content (AvgIpc) is 3.14. The van der Waals surface area contributed by atoms with Crippen molar-refractivity contribution in [3.05, 3.63) is 52.9 Å². The Kier molecular flexibility index (Phi) is 5.59. The van der Waals surface area contributed by atoms with Crippen LogP contribution >= 0.6 is 11.6 Å². The predicted molar refractivity (Wildman–Crippen MR) is 96.7 cm³/mol. The van der Waals surface area contributed by atoms with Crippen LogP contribution in [0.25, 0.3) is 5.82 Å². The number of nitrogens with one attached hydrogen (secondary N) is 1. The third-order valence-electron chi connectivity index (χ3n) is 3.70. The van der Waals surface area contributed by atoms with Crippen LogP contribution in [-0.4, -0.2) is 39.9 Å². The zero-order chi connectivity index (χ0) is 21.2. The van der Waals surface area contributed by atoms with Gasteiger partial charge in [-0.05, 0) is 18.2 Å². The molecule has 29 heavy (non-hydrogen) atoms. The van der Waals surface area contributed by atoms with Gasteiger partial charge in [0.2, 0.25) is 5.95 Å². The van der Waals surface area contributed by atoms with Crippen molar-refractivity contribution in [1.29, 1.82) is 0 Å². The lowest BCUT2D eigenvalue weighted by atomic mass is 10.2. The second kappa shape index (κ2) is 7.95. The van der Waals surface area contributed by atoms with Crippen molar-refractivity contribution in [2.45, 2.75) is 6.18 Å². The summed E-state index contributed by atoms with van der Waals surface area (Å²) >= 11 is 5.88. The van der Waals surface area contributed by atoms with Gasteiger partial charge >= 0.3 is 6.18 Å². The van der Waals surface area contributed by atoms with Gasteiger partial charge in [-0.2, -0.15) is 22.8 Å². The van der Waals surface area contributed by atoms with Crippen molar-refractivity contribution in [1.82, 2.24) is 19.7 Å². The third kappa shape index (κ3) is 4.57. The van der Waals surface area contributed by atoms with Crippen LogP contribution in [-0.2, 0) is 6.18 Å². The Morgan fingerprint density at radius 1 is 1.10 bits per heavy atom. The Morgan fingerprint density at radius 2 is 1.76 bits per heavy atom. The van der Waals surface area contributed by atoms with Gasteiger partial charge in [-0.3, -0.25) is 10.1 Å². The first-order chi connectivity index (χ1) is 13.7. The largest absolute Gasteiger partial charge is 0.497 e. The number of hydrogen-bond donors (Lipinski definition) is 1. The maximum Gasteiger partial charge on any atom is 0.417 e. The van der Waals surface area contributed by atoms with E-state index in [0.29, 0.717) is 17.7 Å². The molecule has 0 saturated heterocycles. The summed E-state index contributed by atoms with van der Waals surface area (Å²) in [4.78, 5) is 20.0. The second-order valence-corrected chi connectivity index (χ2v) is 6.00. The molecule has 0 spiro atoms. The standard InChI is InChI=1S/C17H13ClF3N5O3/c1-28-11-3-9(4-12(6-11)29-2)15(27)24-16-23-8-26(25-16)14-13(18)5-10(7-22-14)17(19,20)21/h3-8H,1-2H3,(H,24,25,27). The highest BCUT2D eigenvalue weighted by molar-refractivity contribution is 6.32. The van der Waals surface area contributed by atoms with Gasteiger partial charge in [0, 0.05) is 17.8 Å². The zero-order valence-electron chi connectivity index (χ0n) is 15.0. The first kappa shape index (κ1) is 20.4. The minimum atomic E-state index is -4.57. The summed E-state index contributed by atoms with van der Waals surface area (Å²) in [5.41, 5.74) is -0.768. The molecule has 0 fully saturated rings. The van der Waals surface area contributed by atoms with Crippen molar-refractivity contribution in [3.63, 3.8) is 0 Å². The lowest BCUT2D eigenvalue weighted by molar-refractivity contribution is -0.137. The molecular weight excluding hydrogens is 415 g/mol. The molecule has 1 aromatic carbocycles. The lowest BCUT2D eigenvalue weighted by Gasteiger charge is -2.08. The summed E-state index contributed by atoms with van der Waals surface area (Å²) < 4.78 is 49.4. The number of alkyl halides is 3. The van der Waals surface area contributed by atoms with Gasteiger partial charge in [-0.1, -0.05) is 11.6 Å². The van der Waals surface area contributed by atoms with Crippen LogP contribution in [0.2, 0.25) is 5.02 Å². The predicted octanol–water partition coefficient (Wildman–Crippen LogP) is 3.60. The third-order valence-corrected chi connectivity index (χ3v) is 3.98. The van der Waals surface area contributed by atoms with Crippen molar-refractivity contribution in [2.75, 3.05) is 19.5 Å². The number of carbonyl (C=O) groups is 1. The quantitative estimate of drug-likeness (QED) is 0.669. The number of benzene rings is 1. The summed E-state index contributed by atoms with van der Waals surface area (Å²) in [6.45, 7) is 0. The van der Waals surface area contributed by atoms with E-state index in [-0.39, 0.29) is 22.4 Å². The van der Waals surface area contributed by atoms with Crippen LogP contribution in [0.5, 0.6) is 11.5 Å². The normalized spacial score (nSPS) is 11.2. The number of hydrogen-bond acceptors (Lipinski definition) is 6. The number of carbonyl (C=O) groups excluding carboxylic acids is 1. The number of ether oxygens (including phenoxy) is 2. The van der Waals surface area contributed by atoms with Gasteiger partial charge in [0.05, 0.1) is 24.8 Å². The fourth-order valence-electron chi connectivity index (χ4n) is 2.29. The van der Waals surface area contributed by atoms with Crippen LogP contribution in [0.1, 0.15) is 15.9 Å². The zero-order valence-corrected chi connectivity index (χ0v) is 15.7. The molecule has 2 heterocycles. The first-order valence-corrected chi connectivity index (χ1v) is 8.28. The Bertz CT molecular complexity index is 1030. The minimum Gasteiger partial charge on any atom is -0.497 e. The van der Waals surface area contributed by atoms with Crippen LogP contribution in [0.4, 0.5) is 19.1 Å². The van der Waals surface area contributed by atoms with E-state index in [2.05, 4.69) is 20.4 Å². The highest BCUT2D eigenvalue weighted by Crippen LogP contribution is 2.31. The van der Waals surface area contributed by atoms with Crippen molar-refractivity contribution < 1.29 is 27.4 Å². The molecule has 0 aliphatic carbocycles. The molecule has 1 N–H and O–H groups in total. The van der Waals surface area contributed by atoms with Gasteiger partial charge in [0.15, 0.2) is 5.82 Å². The van der Waals surface area contributed by atoms with E-state index in [1.165, 1.54) is 26.4 Å². The molecule has 3 aromatic rings. The SMILES string of the molecule is COc1cc(OC)cc(C(=O)Nc2ncn(-c3ncc(C(F)(F)F)cc3Cl)n2)c1. The number of amides is 1. The first-order valence-electron chi connectivity index (χ1n) is 7.90. The second-order valence-electron chi connectivity index (χ2n) is 5.60. The minimum absolute atomic E-state index is 0.0734. The van der Waals surface area contributed by atoms with Crippen LogP contribution in [0, 0.1) is 0 Å². The molecule has 1 amide bonds. The van der Waals surface area contributed by atoms with Crippen LogP contribution in [0.15, 0.2) is 36.8 Å². The molecule has 0 unspecified atom stereocenters. The Hall–Kier alpha value is -3.34. The fourth-order valence-corrected chi connectivity index (χ4v) is 2.54. The summed E-state index contributed by atoms with van der Waals surface area (Å²) in [5, 5.41) is 6.15. The summed E-state index contributed by atoms with van der Waals surface area (Å²) in [7, 11) is 2.89. The van der Waals surface area contributed by atoms with E-state index in [1.807, 2.05) is 0 Å². The molecule has 0 bridgehead atoms. The number of halogens is 4. The smallest absolute Gasteiger partial charge is 0.417 e. The average molecular weight is 428 g/mol. The highest BCUT2D eigenvalue weighted by atomic mass is 35.5. The topological polar surface area (TPSA) is 91.2 Å². The van der Waals surface area contributed by atoms with Crippen molar-refractivity contribution in [3.8, 4) is 17.3 Å². The number of rotatable bonds is 5. The van der Waals surface area contributed by atoms with Gasteiger partial charge in [-0.25, -0.2) is 4.98 Å². The molecule has 3 rings (SSSR count). The van der Waals surface area contributed by atoms with Crippen LogP contribution < -0.4 is 14.8 Å². The summed E-state index contributed by atoms with van der Waals surface area (Å²) in [5.74, 6) is 0.0964.